The third-order valence-corrected chi connectivity index (χ3v) is 3.47. The lowest BCUT2D eigenvalue weighted by molar-refractivity contribution is 0.647. The summed E-state index contributed by atoms with van der Waals surface area (Å²) in [7, 11) is -0.764. The summed E-state index contributed by atoms with van der Waals surface area (Å²) in [6, 6.07) is 0. The summed E-state index contributed by atoms with van der Waals surface area (Å²) in [5.74, 6) is 0. The standard InChI is InChI=1S/C10H17N3OS/c1-4-13-8-10(7-12-13)6-11-5-9(2)15(3)14/h4,7-9,11H,1,5-6H2,2-3H3. The number of nitrogens with one attached hydrogen (secondary N) is 1. The molecule has 4 nitrogen and oxygen atoms in total. The second-order valence-electron chi connectivity index (χ2n) is 3.45. The minimum Gasteiger partial charge on any atom is -0.311 e. The number of hydrogen-bond acceptors (Lipinski definition) is 3. The fourth-order valence-corrected chi connectivity index (χ4v) is 1.46. The SMILES string of the molecule is C=Cn1cc(CNCC(C)S(C)=O)cn1. The van der Waals surface area contributed by atoms with Gasteiger partial charge >= 0.3 is 0 Å². The van der Waals surface area contributed by atoms with Crippen LogP contribution in [0.4, 0.5) is 0 Å². The average molecular weight is 227 g/mol. The highest BCUT2D eigenvalue weighted by Crippen LogP contribution is 1.98. The Labute approximate surface area is 92.8 Å². The van der Waals surface area contributed by atoms with E-state index in [9.17, 15) is 4.21 Å². The molecule has 0 radical (unpaired) electrons. The minimum absolute atomic E-state index is 0.180. The predicted molar refractivity (Wildman–Crippen MR) is 63.8 cm³/mol. The molecule has 2 atom stereocenters. The van der Waals surface area contributed by atoms with Crippen LogP contribution in [-0.2, 0) is 17.3 Å². The Bertz CT molecular complexity index is 348. The van der Waals surface area contributed by atoms with Gasteiger partial charge < -0.3 is 5.32 Å². The zero-order chi connectivity index (χ0) is 11.3. The maximum atomic E-state index is 11.1. The van der Waals surface area contributed by atoms with E-state index in [1.807, 2.05) is 13.1 Å². The number of aromatic nitrogens is 2. The van der Waals surface area contributed by atoms with Gasteiger partial charge in [-0.2, -0.15) is 5.10 Å². The monoisotopic (exact) mass is 227 g/mol. The molecular formula is C10H17N3OS. The number of rotatable bonds is 6. The summed E-state index contributed by atoms with van der Waals surface area (Å²) in [4.78, 5) is 0. The van der Waals surface area contributed by atoms with Gasteiger partial charge in [0.2, 0.25) is 0 Å². The Hall–Kier alpha value is -0.940. The molecule has 0 spiro atoms. The molecule has 84 valence electrons. The van der Waals surface area contributed by atoms with Crippen molar-refractivity contribution < 1.29 is 4.21 Å². The average Bonchev–Trinajstić information content (AvgIpc) is 2.65. The third-order valence-electron chi connectivity index (χ3n) is 2.17. The van der Waals surface area contributed by atoms with Gasteiger partial charge in [0.25, 0.3) is 0 Å². The molecule has 1 rings (SSSR count). The van der Waals surface area contributed by atoms with Gasteiger partial charge in [0.15, 0.2) is 0 Å². The normalized spacial score (nSPS) is 14.8. The first kappa shape index (κ1) is 12.1. The van der Waals surface area contributed by atoms with Crippen molar-refractivity contribution in [1.29, 1.82) is 0 Å². The quantitative estimate of drug-likeness (QED) is 0.783. The van der Waals surface area contributed by atoms with Crippen molar-refractivity contribution in [2.75, 3.05) is 12.8 Å². The topological polar surface area (TPSA) is 46.9 Å². The van der Waals surface area contributed by atoms with E-state index in [1.54, 1.807) is 23.3 Å². The van der Waals surface area contributed by atoms with Crippen LogP contribution in [0.3, 0.4) is 0 Å². The van der Waals surface area contributed by atoms with E-state index in [0.717, 1.165) is 18.7 Å². The molecule has 15 heavy (non-hydrogen) atoms. The van der Waals surface area contributed by atoms with E-state index < -0.39 is 10.8 Å². The van der Waals surface area contributed by atoms with E-state index in [0.29, 0.717) is 0 Å². The van der Waals surface area contributed by atoms with Crippen LogP contribution in [-0.4, -0.2) is 32.0 Å². The van der Waals surface area contributed by atoms with Crippen LogP contribution < -0.4 is 5.32 Å². The van der Waals surface area contributed by atoms with E-state index in [1.165, 1.54) is 0 Å². The van der Waals surface area contributed by atoms with Gasteiger partial charge in [0.05, 0.1) is 6.20 Å². The van der Waals surface area contributed by atoms with Crippen molar-refractivity contribution in [3.8, 4) is 0 Å². The van der Waals surface area contributed by atoms with Crippen molar-refractivity contribution >= 4 is 17.0 Å². The Balaban J connectivity index is 2.31. The fourth-order valence-electron chi connectivity index (χ4n) is 1.11. The molecule has 0 aliphatic rings. The molecule has 0 aromatic carbocycles. The largest absolute Gasteiger partial charge is 0.311 e. The highest BCUT2D eigenvalue weighted by Gasteiger charge is 2.05. The Kier molecular flexibility index (Phi) is 4.71. The maximum Gasteiger partial charge on any atom is 0.0538 e. The van der Waals surface area contributed by atoms with E-state index >= 15 is 0 Å². The summed E-state index contributed by atoms with van der Waals surface area (Å²) >= 11 is 0. The van der Waals surface area contributed by atoms with Crippen molar-refractivity contribution in [2.24, 2.45) is 0 Å². The van der Waals surface area contributed by atoms with E-state index in [4.69, 9.17) is 0 Å². The number of hydrogen-bond donors (Lipinski definition) is 1. The van der Waals surface area contributed by atoms with E-state index in [-0.39, 0.29) is 5.25 Å². The summed E-state index contributed by atoms with van der Waals surface area (Å²) in [6.07, 6.45) is 7.07. The van der Waals surface area contributed by atoms with Gasteiger partial charge in [-0.15, -0.1) is 0 Å². The van der Waals surface area contributed by atoms with Gasteiger partial charge in [-0.25, -0.2) is 4.68 Å². The third kappa shape index (κ3) is 3.97. The molecule has 1 heterocycles. The molecule has 1 aromatic heterocycles. The van der Waals surface area contributed by atoms with E-state index in [2.05, 4.69) is 17.0 Å². The van der Waals surface area contributed by atoms with Crippen molar-refractivity contribution in [2.45, 2.75) is 18.7 Å². The van der Waals surface area contributed by atoms with Gasteiger partial charge in [0, 0.05) is 53.4 Å². The summed E-state index contributed by atoms with van der Waals surface area (Å²) in [5.41, 5.74) is 1.10. The first-order chi connectivity index (χ1) is 7.13. The summed E-state index contributed by atoms with van der Waals surface area (Å²) in [6.45, 7) is 7.08. The van der Waals surface area contributed by atoms with Gasteiger partial charge in [0.1, 0.15) is 0 Å². The van der Waals surface area contributed by atoms with Crippen molar-refractivity contribution in [1.82, 2.24) is 15.1 Å². The maximum absolute atomic E-state index is 11.1. The second-order valence-corrected chi connectivity index (χ2v) is 5.25. The Morgan fingerprint density at radius 2 is 2.53 bits per heavy atom. The predicted octanol–water partition coefficient (Wildman–Crippen LogP) is 0.840. The molecule has 0 amide bonds. The Morgan fingerprint density at radius 1 is 1.80 bits per heavy atom. The second kappa shape index (κ2) is 5.82. The first-order valence-electron chi connectivity index (χ1n) is 4.82. The molecule has 1 aromatic rings. The highest BCUT2D eigenvalue weighted by molar-refractivity contribution is 7.84. The van der Waals surface area contributed by atoms with Crippen LogP contribution in [0.1, 0.15) is 12.5 Å². The highest BCUT2D eigenvalue weighted by atomic mass is 32.2. The number of nitrogens with zero attached hydrogens (tertiary/aromatic N) is 2. The lowest BCUT2D eigenvalue weighted by Gasteiger charge is -2.08. The van der Waals surface area contributed by atoms with Crippen LogP contribution in [0.25, 0.3) is 6.20 Å². The van der Waals surface area contributed by atoms with Gasteiger partial charge in [-0.3, -0.25) is 4.21 Å². The molecule has 0 saturated carbocycles. The minimum atomic E-state index is -0.764. The molecule has 0 aliphatic heterocycles. The van der Waals surface area contributed by atoms with Gasteiger partial charge in [-0.05, 0) is 6.92 Å². The smallest absolute Gasteiger partial charge is 0.0538 e. The lowest BCUT2D eigenvalue weighted by Crippen LogP contribution is -2.27. The zero-order valence-corrected chi connectivity index (χ0v) is 9.96. The molecule has 2 unspecified atom stereocenters. The molecule has 1 N–H and O–H groups in total. The Morgan fingerprint density at radius 3 is 3.07 bits per heavy atom. The summed E-state index contributed by atoms with van der Waals surface area (Å²) in [5, 5.41) is 7.49. The van der Waals surface area contributed by atoms with Crippen molar-refractivity contribution in [3.63, 3.8) is 0 Å². The van der Waals surface area contributed by atoms with Crippen LogP contribution >= 0.6 is 0 Å². The molecule has 0 fully saturated rings. The molecule has 0 saturated heterocycles. The van der Waals surface area contributed by atoms with Gasteiger partial charge in [-0.1, -0.05) is 6.58 Å². The first-order valence-corrected chi connectivity index (χ1v) is 6.44. The van der Waals surface area contributed by atoms with Crippen LogP contribution in [0.5, 0.6) is 0 Å². The van der Waals surface area contributed by atoms with Crippen LogP contribution in [0, 0.1) is 0 Å². The zero-order valence-electron chi connectivity index (χ0n) is 9.14. The van der Waals surface area contributed by atoms with Crippen LogP contribution in [0.15, 0.2) is 19.0 Å². The van der Waals surface area contributed by atoms with Crippen LogP contribution in [0.2, 0.25) is 0 Å². The van der Waals surface area contributed by atoms with Crippen molar-refractivity contribution in [3.05, 3.63) is 24.5 Å². The summed E-state index contributed by atoms with van der Waals surface area (Å²) < 4.78 is 12.7. The molecule has 0 aliphatic carbocycles. The molecule has 5 heteroatoms. The molecule has 0 bridgehead atoms. The lowest BCUT2D eigenvalue weighted by atomic mass is 10.3. The fraction of sp³-hybridized carbons (Fsp3) is 0.500. The molecular weight excluding hydrogens is 210 g/mol.